The third kappa shape index (κ3) is 4.91. The van der Waals surface area contributed by atoms with Gasteiger partial charge in [-0.3, -0.25) is 9.59 Å². The number of ether oxygens (including phenoxy) is 1. The highest BCUT2D eigenvalue weighted by molar-refractivity contribution is 5.99. The van der Waals surface area contributed by atoms with Crippen molar-refractivity contribution in [3.63, 3.8) is 0 Å². The van der Waals surface area contributed by atoms with Gasteiger partial charge in [-0.15, -0.1) is 0 Å². The summed E-state index contributed by atoms with van der Waals surface area (Å²) in [5.74, 6) is -1.13. The molecule has 3 aromatic rings. The molecule has 0 saturated carbocycles. The van der Waals surface area contributed by atoms with Crippen LogP contribution in [-0.4, -0.2) is 28.3 Å². The van der Waals surface area contributed by atoms with Crippen LogP contribution in [0.5, 0.6) is 0 Å². The van der Waals surface area contributed by atoms with Gasteiger partial charge in [0.15, 0.2) is 11.9 Å². The van der Waals surface area contributed by atoms with Crippen molar-refractivity contribution in [2.24, 2.45) is 0 Å². The van der Waals surface area contributed by atoms with E-state index in [0.29, 0.717) is 16.8 Å². The molecule has 0 unspecified atom stereocenters. The number of hydrogen-bond acceptors (Lipinski definition) is 4. The Morgan fingerprint density at radius 2 is 1.65 bits per heavy atom. The van der Waals surface area contributed by atoms with Crippen LogP contribution >= 0.6 is 0 Å². The van der Waals surface area contributed by atoms with Crippen LogP contribution in [-0.2, 0) is 9.53 Å². The normalized spacial score (nSPS) is 11.6. The summed E-state index contributed by atoms with van der Waals surface area (Å²) in [5, 5.41) is 2.68. The van der Waals surface area contributed by atoms with Crippen molar-refractivity contribution in [2.45, 2.75) is 40.7 Å². The Labute approximate surface area is 181 Å². The molecule has 2 aromatic carbocycles. The molecule has 3 rings (SSSR count). The fourth-order valence-electron chi connectivity index (χ4n) is 3.40. The van der Waals surface area contributed by atoms with E-state index in [2.05, 4.69) is 5.32 Å². The van der Waals surface area contributed by atoms with E-state index in [1.807, 2.05) is 49.6 Å². The SMILES string of the molecule is CC(=O)c1cccc(NC(=O)[C@H](C)OC(=O)c2cc(C)n(-c3ccc(C)cc3)c2C)c1. The number of esters is 1. The van der Waals surface area contributed by atoms with Crippen molar-refractivity contribution in [2.75, 3.05) is 5.32 Å². The Kier molecular flexibility index (Phi) is 6.39. The molecule has 0 spiro atoms. The van der Waals surface area contributed by atoms with E-state index >= 15 is 0 Å². The van der Waals surface area contributed by atoms with Crippen molar-refractivity contribution in [1.29, 1.82) is 0 Å². The average molecular weight is 418 g/mol. The summed E-state index contributed by atoms with van der Waals surface area (Å²) in [6.07, 6.45) is -1.00. The minimum atomic E-state index is -1.00. The maximum Gasteiger partial charge on any atom is 0.340 e. The molecule has 6 nitrogen and oxygen atoms in total. The zero-order valence-electron chi connectivity index (χ0n) is 18.4. The van der Waals surface area contributed by atoms with Crippen LogP contribution in [0.2, 0.25) is 0 Å². The van der Waals surface area contributed by atoms with Crippen molar-refractivity contribution in [3.8, 4) is 5.69 Å². The van der Waals surface area contributed by atoms with Gasteiger partial charge in [-0.2, -0.15) is 0 Å². The topological polar surface area (TPSA) is 77.4 Å². The number of Topliss-reactive ketones (excluding diaryl/α,β-unsaturated/α-hetero) is 1. The molecule has 0 aliphatic heterocycles. The van der Waals surface area contributed by atoms with Gasteiger partial charge in [0.1, 0.15) is 0 Å². The monoisotopic (exact) mass is 418 g/mol. The van der Waals surface area contributed by atoms with Gasteiger partial charge in [-0.1, -0.05) is 29.8 Å². The zero-order valence-corrected chi connectivity index (χ0v) is 18.4. The lowest BCUT2D eigenvalue weighted by Crippen LogP contribution is -2.30. The summed E-state index contributed by atoms with van der Waals surface area (Å²) in [7, 11) is 0. The lowest BCUT2D eigenvalue weighted by atomic mass is 10.1. The number of carbonyl (C=O) groups is 3. The second-order valence-electron chi connectivity index (χ2n) is 7.63. The van der Waals surface area contributed by atoms with Gasteiger partial charge < -0.3 is 14.6 Å². The number of amides is 1. The summed E-state index contributed by atoms with van der Waals surface area (Å²) in [6, 6.07) is 16.4. The van der Waals surface area contributed by atoms with Gasteiger partial charge in [0, 0.05) is 28.3 Å². The number of benzene rings is 2. The highest BCUT2D eigenvalue weighted by Gasteiger charge is 2.23. The minimum Gasteiger partial charge on any atom is -0.449 e. The second kappa shape index (κ2) is 9.00. The van der Waals surface area contributed by atoms with E-state index < -0.39 is 18.0 Å². The molecular weight excluding hydrogens is 392 g/mol. The van der Waals surface area contributed by atoms with E-state index in [1.54, 1.807) is 30.3 Å². The number of ketones is 1. The molecule has 160 valence electrons. The van der Waals surface area contributed by atoms with E-state index in [1.165, 1.54) is 13.8 Å². The van der Waals surface area contributed by atoms with Gasteiger partial charge >= 0.3 is 5.97 Å². The number of nitrogens with zero attached hydrogens (tertiary/aromatic N) is 1. The molecule has 1 aromatic heterocycles. The molecule has 0 bridgehead atoms. The number of hydrogen-bond donors (Lipinski definition) is 1. The minimum absolute atomic E-state index is 0.0977. The van der Waals surface area contributed by atoms with Crippen molar-refractivity contribution in [1.82, 2.24) is 4.57 Å². The molecule has 31 heavy (non-hydrogen) atoms. The van der Waals surface area contributed by atoms with Gasteiger partial charge in [-0.05, 0) is 65.0 Å². The van der Waals surface area contributed by atoms with Crippen molar-refractivity contribution < 1.29 is 19.1 Å². The molecule has 1 heterocycles. The molecule has 1 atom stereocenters. The molecule has 1 N–H and O–H groups in total. The van der Waals surface area contributed by atoms with Crippen molar-refractivity contribution in [3.05, 3.63) is 82.7 Å². The molecule has 0 radical (unpaired) electrons. The zero-order chi connectivity index (χ0) is 22.7. The Morgan fingerprint density at radius 3 is 2.29 bits per heavy atom. The van der Waals surface area contributed by atoms with Gasteiger partial charge in [0.25, 0.3) is 5.91 Å². The van der Waals surface area contributed by atoms with E-state index in [4.69, 9.17) is 4.74 Å². The number of aromatic nitrogens is 1. The van der Waals surface area contributed by atoms with Crippen LogP contribution in [0.15, 0.2) is 54.6 Å². The van der Waals surface area contributed by atoms with E-state index in [-0.39, 0.29) is 5.78 Å². The summed E-state index contributed by atoms with van der Waals surface area (Å²) >= 11 is 0. The highest BCUT2D eigenvalue weighted by Crippen LogP contribution is 2.22. The molecule has 0 fully saturated rings. The van der Waals surface area contributed by atoms with Crippen LogP contribution in [0.1, 0.15) is 51.5 Å². The fraction of sp³-hybridized carbons (Fsp3) is 0.240. The predicted molar refractivity (Wildman–Crippen MR) is 120 cm³/mol. The third-order valence-electron chi connectivity index (χ3n) is 5.13. The van der Waals surface area contributed by atoms with Crippen LogP contribution in [0.25, 0.3) is 5.69 Å². The first-order valence-corrected chi connectivity index (χ1v) is 10.1. The lowest BCUT2D eigenvalue weighted by molar-refractivity contribution is -0.123. The Balaban J connectivity index is 1.73. The lowest BCUT2D eigenvalue weighted by Gasteiger charge is -2.14. The fourth-order valence-corrected chi connectivity index (χ4v) is 3.40. The quantitative estimate of drug-likeness (QED) is 0.461. The first-order chi connectivity index (χ1) is 14.7. The first-order valence-electron chi connectivity index (χ1n) is 10.1. The smallest absolute Gasteiger partial charge is 0.340 e. The Hall–Kier alpha value is -3.67. The van der Waals surface area contributed by atoms with E-state index in [9.17, 15) is 14.4 Å². The highest BCUT2D eigenvalue weighted by atomic mass is 16.5. The first kappa shape index (κ1) is 22.0. The van der Waals surface area contributed by atoms with Crippen LogP contribution in [0.3, 0.4) is 0 Å². The number of nitrogens with one attached hydrogen (secondary N) is 1. The van der Waals surface area contributed by atoms with Gasteiger partial charge in [0.05, 0.1) is 5.56 Å². The van der Waals surface area contributed by atoms with Crippen molar-refractivity contribution >= 4 is 23.3 Å². The van der Waals surface area contributed by atoms with Gasteiger partial charge in [0.2, 0.25) is 0 Å². The summed E-state index contributed by atoms with van der Waals surface area (Å²) < 4.78 is 7.40. The summed E-state index contributed by atoms with van der Waals surface area (Å²) in [4.78, 5) is 36.8. The number of carbonyl (C=O) groups excluding carboxylic acids is 3. The predicted octanol–water partition coefficient (Wildman–Crippen LogP) is 4.79. The second-order valence-corrected chi connectivity index (χ2v) is 7.63. The Bertz CT molecular complexity index is 1140. The molecule has 0 aliphatic rings. The van der Waals surface area contributed by atoms with Gasteiger partial charge in [-0.25, -0.2) is 4.79 Å². The molecule has 0 aliphatic carbocycles. The maximum atomic E-state index is 12.8. The largest absolute Gasteiger partial charge is 0.449 e. The molecular formula is C25H26N2O4. The van der Waals surface area contributed by atoms with Crippen LogP contribution in [0.4, 0.5) is 5.69 Å². The van der Waals surface area contributed by atoms with E-state index in [0.717, 1.165) is 22.6 Å². The Morgan fingerprint density at radius 1 is 0.968 bits per heavy atom. The third-order valence-corrected chi connectivity index (χ3v) is 5.13. The van der Waals surface area contributed by atoms with Crippen LogP contribution in [0, 0.1) is 20.8 Å². The number of rotatable bonds is 6. The molecule has 1 amide bonds. The maximum absolute atomic E-state index is 12.8. The molecule has 6 heteroatoms. The number of aryl methyl sites for hydroxylation is 2. The average Bonchev–Trinajstić information content (AvgIpc) is 3.03. The number of anilines is 1. The summed E-state index contributed by atoms with van der Waals surface area (Å²) in [5.41, 5.74) is 5.12. The summed E-state index contributed by atoms with van der Waals surface area (Å²) in [6.45, 7) is 8.76. The van der Waals surface area contributed by atoms with Crippen LogP contribution < -0.4 is 5.32 Å². The molecule has 0 saturated heterocycles. The standard InChI is InChI=1S/C25H26N2O4/c1-15-9-11-22(12-10-15)27-16(2)13-23(17(27)3)25(30)31-19(5)24(29)26-21-8-6-7-20(14-21)18(4)28/h6-14,19H,1-5H3,(H,26,29)/t19-/m0/s1.